The Hall–Kier alpha value is -3.27. The molecule has 34 heavy (non-hydrogen) atoms. The molecule has 0 saturated carbocycles. The van der Waals surface area contributed by atoms with Crippen molar-refractivity contribution in [1.82, 2.24) is 19.9 Å². The second-order valence-corrected chi connectivity index (χ2v) is 9.85. The van der Waals surface area contributed by atoms with Gasteiger partial charge in [-0.15, -0.1) is 0 Å². The van der Waals surface area contributed by atoms with E-state index in [-0.39, 0.29) is 35.9 Å². The smallest absolute Gasteiger partial charge is 0.273 e. The van der Waals surface area contributed by atoms with Crippen molar-refractivity contribution >= 4 is 44.3 Å². The molecule has 180 valence electrons. The number of piperidine rings is 1. The second kappa shape index (κ2) is 10.3. The van der Waals surface area contributed by atoms with Crippen LogP contribution in [0.25, 0.3) is 10.3 Å². The molecule has 1 saturated heterocycles. The fourth-order valence-corrected chi connectivity index (χ4v) is 5.03. The lowest BCUT2D eigenvalue weighted by Gasteiger charge is -2.32. The monoisotopic (exact) mass is 482 g/mol. The summed E-state index contributed by atoms with van der Waals surface area (Å²) in [6, 6.07) is 7.73. The molecule has 2 amide bonds. The molecule has 3 heterocycles. The van der Waals surface area contributed by atoms with E-state index >= 15 is 0 Å². The predicted octanol–water partition coefficient (Wildman–Crippen LogP) is 2.80. The van der Waals surface area contributed by atoms with E-state index in [1.165, 1.54) is 27.8 Å². The average molecular weight is 483 g/mol. The molecule has 1 atom stereocenters. The quantitative estimate of drug-likeness (QED) is 0.536. The minimum Gasteiger partial charge on any atom is -0.354 e. The third-order valence-electron chi connectivity index (χ3n) is 5.83. The minimum absolute atomic E-state index is 0.0524. The van der Waals surface area contributed by atoms with Gasteiger partial charge in [0.15, 0.2) is 10.8 Å². The van der Waals surface area contributed by atoms with Crippen molar-refractivity contribution in [3.8, 4) is 0 Å². The van der Waals surface area contributed by atoms with Crippen LogP contribution in [-0.2, 0) is 22.6 Å². The molecule has 2 N–H and O–H groups in total. The van der Waals surface area contributed by atoms with Crippen LogP contribution in [-0.4, -0.2) is 45.5 Å². The van der Waals surface area contributed by atoms with Gasteiger partial charge >= 0.3 is 0 Å². The summed E-state index contributed by atoms with van der Waals surface area (Å²) in [4.78, 5) is 48.9. The van der Waals surface area contributed by atoms with Crippen molar-refractivity contribution in [3.63, 3.8) is 0 Å². The van der Waals surface area contributed by atoms with Crippen molar-refractivity contribution in [3.05, 3.63) is 46.5 Å². The maximum Gasteiger partial charge on any atom is 0.273 e. The first-order valence-electron chi connectivity index (χ1n) is 11.6. The van der Waals surface area contributed by atoms with Crippen molar-refractivity contribution in [2.24, 2.45) is 5.92 Å². The molecule has 3 aromatic rings. The van der Waals surface area contributed by atoms with Gasteiger partial charge in [-0.25, -0.2) is 4.98 Å². The number of amides is 2. The summed E-state index contributed by atoms with van der Waals surface area (Å²) in [6.07, 6.45) is 4.00. The normalized spacial score (nSPS) is 16.1. The van der Waals surface area contributed by atoms with Gasteiger partial charge in [0.25, 0.3) is 5.56 Å². The first kappa shape index (κ1) is 23.9. The standard InChI is InChI=1S/C24H30N6O3S/c1-4-16-7-9-18(10-8-16)27-19(31)13-30-14-25-21-20(23(30)33)34-24(28-21)29-11-5-6-17(12-29)22(32)26-15(2)3/h7-10,14-15,17H,4-6,11-13H2,1-3H3,(H,26,32)(H,27,31)/t17-/m0/s1. The van der Waals surface area contributed by atoms with Gasteiger partial charge in [-0.2, -0.15) is 4.98 Å². The lowest BCUT2D eigenvalue weighted by atomic mass is 9.97. The van der Waals surface area contributed by atoms with Gasteiger partial charge in [-0.3, -0.25) is 19.0 Å². The Morgan fingerprint density at radius 3 is 2.71 bits per heavy atom. The summed E-state index contributed by atoms with van der Waals surface area (Å²) in [5, 5.41) is 6.48. The summed E-state index contributed by atoms with van der Waals surface area (Å²) >= 11 is 1.26. The predicted molar refractivity (Wildman–Crippen MR) is 134 cm³/mol. The number of nitrogens with one attached hydrogen (secondary N) is 2. The van der Waals surface area contributed by atoms with E-state index < -0.39 is 0 Å². The van der Waals surface area contributed by atoms with E-state index in [2.05, 4.69) is 32.4 Å². The summed E-state index contributed by atoms with van der Waals surface area (Å²) in [5.41, 5.74) is 1.94. The van der Waals surface area contributed by atoms with Gasteiger partial charge in [-0.05, 0) is 50.8 Å². The third-order valence-corrected chi connectivity index (χ3v) is 6.92. The van der Waals surface area contributed by atoms with Crippen molar-refractivity contribution in [2.45, 2.75) is 52.6 Å². The topological polar surface area (TPSA) is 109 Å². The maximum atomic E-state index is 13.0. The zero-order valence-electron chi connectivity index (χ0n) is 19.7. The highest BCUT2D eigenvalue weighted by atomic mass is 32.1. The molecule has 0 spiro atoms. The number of nitrogens with zero attached hydrogens (tertiary/aromatic N) is 4. The summed E-state index contributed by atoms with van der Waals surface area (Å²) in [7, 11) is 0. The second-order valence-electron chi connectivity index (χ2n) is 8.87. The number of rotatable bonds is 7. The van der Waals surface area contributed by atoms with Crippen LogP contribution in [0.15, 0.2) is 35.4 Å². The van der Waals surface area contributed by atoms with E-state index in [9.17, 15) is 14.4 Å². The van der Waals surface area contributed by atoms with Gasteiger partial charge in [0.2, 0.25) is 11.8 Å². The number of hydrogen-bond donors (Lipinski definition) is 2. The molecule has 9 nitrogen and oxygen atoms in total. The highest BCUT2D eigenvalue weighted by Crippen LogP contribution is 2.29. The fraction of sp³-hybridized carbons (Fsp3) is 0.458. The van der Waals surface area contributed by atoms with Crippen LogP contribution in [0.3, 0.4) is 0 Å². The average Bonchev–Trinajstić information content (AvgIpc) is 3.26. The Morgan fingerprint density at radius 1 is 1.24 bits per heavy atom. The number of aryl methyl sites for hydroxylation is 1. The molecule has 0 bridgehead atoms. The zero-order chi connectivity index (χ0) is 24.2. The molecule has 0 aliphatic carbocycles. The first-order chi connectivity index (χ1) is 16.3. The molecule has 10 heteroatoms. The number of hydrogen-bond acceptors (Lipinski definition) is 7. The van der Waals surface area contributed by atoms with Gasteiger partial charge in [-0.1, -0.05) is 30.4 Å². The van der Waals surface area contributed by atoms with E-state index in [1.54, 1.807) is 0 Å². The first-order valence-corrected chi connectivity index (χ1v) is 12.5. The van der Waals surface area contributed by atoms with Crippen molar-refractivity contribution in [2.75, 3.05) is 23.3 Å². The van der Waals surface area contributed by atoms with Gasteiger partial charge in [0, 0.05) is 24.8 Å². The lowest BCUT2D eigenvalue weighted by Crippen LogP contribution is -2.44. The highest BCUT2D eigenvalue weighted by Gasteiger charge is 2.28. The number of benzene rings is 1. The van der Waals surface area contributed by atoms with E-state index in [0.29, 0.717) is 27.7 Å². The Bertz CT molecular complexity index is 1230. The Morgan fingerprint density at radius 2 is 2.00 bits per heavy atom. The molecule has 0 radical (unpaired) electrons. The molecule has 1 fully saturated rings. The fourth-order valence-electron chi connectivity index (χ4n) is 4.03. The minimum atomic E-state index is -0.299. The van der Waals surface area contributed by atoms with Crippen molar-refractivity contribution in [1.29, 1.82) is 0 Å². The number of thiazole rings is 1. The molecule has 1 aliphatic rings. The SMILES string of the molecule is CCc1ccc(NC(=O)Cn2cnc3nc(N4CCC[C@H](C(=O)NC(C)C)C4)sc3c2=O)cc1. The van der Waals surface area contributed by atoms with Crippen LogP contribution >= 0.6 is 11.3 Å². The van der Waals surface area contributed by atoms with Gasteiger partial charge in [0.05, 0.1) is 5.92 Å². The highest BCUT2D eigenvalue weighted by molar-refractivity contribution is 7.22. The molecule has 4 rings (SSSR count). The van der Waals surface area contributed by atoms with Crippen LogP contribution in [0.2, 0.25) is 0 Å². The lowest BCUT2D eigenvalue weighted by molar-refractivity contribution is -0.125. The zero-order valence-corrected chi connectivity index (χ0v) is 20.5. The summed E-state index contributed by atoms with van der Waals surface area (Å²) in [5.74, 6) is -0.355. The number of anilines is 2. The number of aromatic nitrogens is 3. The molecule has 1 aromatic carbocycles. The van der Waals surface area contributed by atoms with Crippen LogP contribution in [0.1, 0.15) is 39.2 Å². The summed E-state index contributed by atoms with van der Waals surface area (Å²) < 4.78 is 1.71. The van der Waals surface area contributed by atoms with E-state index in [4.69, 9.17) is 0 Å². The van der Waals surface area contributed by atoms with Crippen LogP contribution in [0.4, 0.5) is 10.8 Å². The number of fused-ring (bicyclic) bond motifs is 1. The van der Waals surface area contributed by atoms with Crippen molar-refractivity contribution < 1.29 is 9.59 Å². The molecule has 2 aromatic heterocycles. The van der Waals surface area contributed by atoms with Gasteiger partial charge in [0.1, 0.15) is 17.6 Å². The Labute approximate surface area is 202 Å². The maximum absolute atomic E-state index is 13.0. The number of carbonyl (C=O) groups excluding carboxylic acids is 2. The van der Waals surface area contributed by atoms with E-state index in [1.807, 2.05) is 38.1 Å². The molecular weight excluding hydrogens is 452 g/mol. The largest absolute Gasteiger partial charge is 0.354 e. The molecular formula is C24H30N6O3S. The number of carbonyl (C=O) groups is 2. The van der Waals surface area contributed by atoms with E-state index in [0.717, 1.165) is 25.8 Å². The summed E-state index contributed by atoms with van der Waals surface area (Å²) in [6.45, 7) is 7.17. The van der Waals surface area contributed by atoms with Crippen LogP contribution in [0.5, 0.6) is 0 Å². The Kier molecular flexibility index (Phi) is 7.26. The van der Waals surface area contributed by atoms with Crippen LogP contribution < -0.4 is 21.1 Å². The Balaban J connectivity index is 1.47. The molecule has 1 aliphatic heterocycles. The molecule has 0 unspecified atom stereocenters. The van der Waals surface area contributed by atoms with Crippen LogP contribution in [0, 0.1) is 5.92 Å². The third kappa shape index (κ3) is 5.44. The van der Waals surface area contributed by atoms with Gasteiger partial charge < -0.3 is 15.5 Å².